The molecule has 1 aliphatic heterocycles. The minimum Gasteiger partial charge on any atom is -0.481 e. The molecule has 176 valence electrons. The van der Waals surface area contributed by atoms with Crippen molar-refractivity contribution in [1.82, 2.24) is 13.8 Å². The van der Waals surface area contributed by atoms with Crippen LogP contribution in [0.2, 0.25) is 0 Å². The number of piperazine rings is 1. The minimum atomic E-state index is -3.73. The molecule has 0 N–H and O–H groups in total. The lowest BCUT2D eigenvalue weighted by molar-refractivity contribution is -0.139. The number of carbonyl (C=O) groups is 1. The number of aryl methyl sites for hydroxylation is 1. The molecule has 0 aliphatic carbocycles. The van der Waals surface area contributed by atoms with Gasteiger partial charge in [-0.05, 0) is 43.7 Å². The van der Waals surface area contributed by atoms with Gasteiger partial charge in [0.05, 0.1) is 15.1 Å². The fraction of sp³-hybridized carbons (Fsp3) is 0.391. The molecule has 0 radical (unpaired) electrons. The van der Waals surface area contributed by atoms with E-state index < -0.39 is 16.1 Å². The van der Waals surface area contributed by atoms with E-state index in [1.54, 1.807) is 46.7 Å². The molecule has 0 bridgehead atoms. The van der Waals surface area contributed by atoms with Crippen LogP contribution in [0.5, 0.6) is 5.75 Å². The second-order valence-corrected chi connectivity index (χ2v) is 10.9. The van der Waals surface area contributed by atoms with Crippen LogP contribution in [0.25, 0.3) is 10.2 Å². The van der Waals surface area contributed by atoms with Crippen LogP contribution >= 0.6 is 11.3 Å². The Morgan fingerprint density at radius 1 is 1.09 bits per heavy atom. The standard InChI is InChI=1S/C23H27N3O5S2/c1-3-11-26-20-10-9-19(16-21(20)32-23(26)28)33(29,30)25-14-12-24(13-15-25)22(27)17(2)31-18-7-5-4-6-8-18/h4-10,16-17H,3,11-15H2,1-2H3/t17-/m0/s1. The van der Waals surface area contributed by atoms with Gasteiger partial charge in [0.1, 0.15) is 5.75 Å². The van der Waals surface area contributed by atoms with Gasteiger partial charge in [-0.2, -0.15) is 4.31 Å². The Morgan fingerprint density at radius 3 is 2.45 bits per heavy atom. The fourth-order valence-corrected chi connectivity index (χ4v) is 6.43. The zero-order valence-electron chi connectivity index (χ0n) is 18.6. The van der Waals surface area contributed by atoms with E-state index >= 15 is 0 Å². The van der Waals surface area contributed by atoms with Crippen LogP contribution in [0.1, 0.15) is 20.3 Å². The summed E-state index contributed by atoms with van der Waals surface area (Å²) in [6, 6.07) is 14.0. The number of amides is 1. The lowest BCUT2D eigenvalue weighted by atomic mass is 10.3. The van der Waals surface area contributed by atoms with Gasteiger partial charge in [0.15, 0.2) is 6.10 Å². The molecule has 1 aromatic heterocycles. The van der Waals surface area contributed by atoms with Gasteiger partial charge in [-0.3, -0.25) is 14.2 Å². The second-order valence-electron chi connectivity index (χ2n) is 7.95. The van der Waals surface area contributed by atoms with Crippen molar-refractivity contribution >= 4 is 37.5 Å². The normalized spacial score (nSPS) is 16.1. The van der Waals surface area contributed by atoms with E-state index in [2.05, 4.69) is 0 Å². The number of sulfonamides is 1. The summed E-state index contributed by atoms with van der Waals surface area (Å²) in [4.78, 5) is 26.7. The Hall–Kier alpha value is -2.69. The SMILES string of the molecule is CCCn1c(=O)sc2cc(S(=O)(=O)N3CCN(C(=O)[C@H](C)Oc4ccccc4)CC3)ccc21. The van der Waals surface area contributed by atoms with Crippen molar-refractivity contribution in [2.75, 3.05) is 26.2 Å². The number of hydrogen-bond acceptors (Lipinski definition) is 6. The van der Waals surface area contributed by atoms with Crippen LogP contribution in [0, 0.1) is 0 Å². The highest BCUT2D eigenvalue weighted by atomic mass is 32.2. The average Bonchev–Trinajstić information content (AvgIpc) is 3.14. The number of aromatic nitrogens is 1. The van der Waals surface area contributed by atoms with E-state index in [-0.39, 0.29) is 28.8 Å². The predicted molar refractivity (Wildman–Crippen MR) is 128 cm³/mol. The number of nitrogens with zero attached hydrogens (tertiary/aromatic N) is 3. The molecular formula is C23H27N3O5S2. The van der Waals surface area contributed by atoms with Gasteiger partial charge in [0.25, 0.3) is 5.91 Å². The lowest BCUT2D eigenvalue weighted by Crippen LogP contribution is -2.53. The number of ether oxygens (including phenoxy) is 1. The first-order valence-electron chi connectivity index (χ1n) is 11.0. The third-order valence-corrected chi connectivity index (χ3v) is 8.52. The predicted octanol–water partition coefficient (Wildman–Crippen LogP) is 2.77. The number of rotatable bonds is 7. The van der Waals surface area contributed by atoms with E-state index in [0.29, 0.717) is 30.1 Å². The molecule has 1 aliphatic rings. The summed E-state index contributed by atoms with van der Waals surface area (Å²) in [5.41, 5.74) is 0.758. The van der Waals surface area contributed by atoms with Crippen molar-refractivity contribution in [1.29, 1.82) is 0 Å². The number of hydrogen-bond donors (Lipinski definition) is 0. The molecule has 0 spiro atoms. The van der Waals surface area contributed by atoms with Crippen LogP contribution in [0.15, 0.2) is 58.2 Å². The van der Waals surface area contributed by atoms with Gasteiger partial charge >= 0.3 is 4.87 Å². The first-order valence-corrected chi connectivity index (χ1v) is 13.2. The molecular weight excluding hydrogens is 462 g/mol. The Bertz CT molecular complexity index is 1290. The molecule has 33 heavy (non-hydrogen) atoms. The van der Waals surface area contributed by atoms with E-state index in [4.69, 9.17) is 4.74 Å². The van der Waals surface area contributed by atoms with Crippen molar-refractivity contribution in [2.45, 2.75) is 37.8 Å². The largest absolute Gasteiger partial charge is 0.481 e. The Balaban J connectivity index is 1.43. The summed E-state index contributed by atoms with van der Waals surface area (Å²) in [5, 5.41) is 0. The monoisotopic (exact) mass is 489 g/mol. The molecule has 1 saturated heterocycles. The molecule has 1 atom stereocenters. The molecule has 1 fully saturated rings. The van der Waals surface area contributed by atoms with E-state index in [9.17, 15) is 18.0 Å². The highest BCUT2D eigenvalue weighted by Crippen LogP contribution is 2.25. The minimum absolute atomic E-state index is 0.0830. The van der Waals surface area contributed by atoms with E-state index in [1.807, 2.05) is 25.1 Å². The average molecular weight is 490 g/mol. The second kappa shape index (κ2) is 9.66. The third-order valence-electron chi connectivity index (χ3n) is 5.68. The van der Waals surface area contributed by atoms with Gasteiger partial charge in [0.2, 0.25) is 10.0 Å². The van der Waals surface area contributed by atoms with Gasteiger partial charge in [-0.15, -0.1) is 0 Å². The first kappa shape index (κ1) is 23.5. The molecule has 8 nitrogen and oxygen atoms in total. The van der Waals surface area contributed by atoms with E-state index in [0.717, 1.165) is 23.3 Å². The molecule has 2 aromatic carbocycles. The molecule has 10 heteroatoms. The number of carbonyl (C=O) groups excluding carboxylic acids is 1. The molecule has 0 unspecified atom stereocenters. The Labute approximate surface area is 197 Å². The molecule has 3 aromatic rings. The quantitative estimate of drug-likeness (QED) is 0.509. The van der Waals surface area contributed by atoms with Crippen LogP contribution in [-0.2, 0) is 21.4 Å². The number of para-hydroxylation sites is 1. The Morgan fingerprint density at radius 2 is 1.79 bits per heavy atom. The smallest absolute Gasteiger partial charge is 0.308 e. The van der Waals surface area contributed by atoms with Crippen LogP contribution < -0.4 is 9.61 Å². The summed E-state index contributed by atoms with van der Waals surface area (Å²) in [5.74, 6) is 0.449. The van der Waals surface area contributed by atoms with Gasteiger partial charge in [0, 0.05) is 32.7 Å². The summed E-state index contributed by atoms with van der Waals surface area (Å²) in [6.07, 6.45) is 0.164. The lowest BCUT2D eigenvalue weighted by Gasteiger charge is -2.35. The maximum atomic E-state index is 13.2. The number of benzene rings is 2. The topological polar surface area (TPSA) is 88.9 Å². The summed E-state index contributed by atoms with van der Waals surface area (Å²) in [7, 11) is -3.73. The van der Waals surface area contributed by atoms with Crippen LogP contribution in [0.4, 0.5) is 0 Å². The highest BCUT2D eigenvalue weighted by molar-refractivity contribution is 7.89. The number of thiazole rings is 1. The van der Waals surface area contributed by atoms with E-state index in [1.165, 1.54) is 4.31 Å². The van der Waals surface area contributed by atoms with Crippen molar-refractivity contribution in [3.05, 3.63) is 58.2 Å². The summed E-state index contributed by atoms with van der Waals surface area (Å²) in [6.45, 7) is 5.30. The maximum Gasteiger partial charge on any atom is 0.308 e. The molecule has 4 rings (SSSR count). The zero-order valence-corrected chi connectivity index (χ0v) is 20.3. The van der Waals surface area contributed by atoms with Crippen LogP contribution in [0.3, 0.4) is 0 Å². The van der Waals surface area contributed by atoms with Gasteiger partial charge in [-0.1, -0.05) is 36.5 Å². The first-order chi connectivity index (χ1) is 15.8. The van der Waals surface area contributed by atoms with Gasteiger partial charge < -0.3 is 9.64 Å². The fourth-order valence-electron chi connectivity index (χ4n) is 3.95. The van der Waals surface area contributed by atoms with Crippen molar-refractivity contribution in [3.8, 4) is 5.75 Å². The summed E-state index contributed by atoms with van der Waals surface area (Å²) < 4.78 is 35.9. The van der Waals surface area contributed by atoms with Crippen molar-refractivity contribution < 1.29 is 17.9 Å². The highest BCUT2D eigenvalue weighted by Gasteiger charge is 2.32. The summed E-state index contributed by atoms with van der Waals surface area (Å²) >= 11 is 1.06. The number of fused-ring (bicyclic) bond motifs is 1. The van der Waals surface area contributed by atoms with Gasteiger partial charge in [-0.25, -0.2) is 8.42 Å². The third kappa shape index (κ3) is 4.83. The van der Waals surface area contributed by atoms with Crippen molar-refractivity contribution in [3.63, 3.8) is 0 Å². The molecule has 2 heterocycles. The zero-order chi connectivity index (χ0) is 23.6. The molecule has 0 saturated carbocycles. The maximum absolute atomic E-state index is 13.2. The van der Waals surface area contributed by atoms with Crippen molar-refractivity contribution in [2.24, 2.45) is 0 Å². The molecule has 1 amide bonds. The Kier molecular flexibility index (Phi) is 6.87. The van der Waals surface area contributed by atoms with Crippen LogP contribution in [-0.4, -0.2) is 60.4 Å².